The highest BCUT2D eigenvalue weighted by atomic mass is 16.5. The molecule has 20 heavy (non-hydrogen) atoms. The van der Waals surface area contributed by atoms with Gasteiger partial charge in [-0.3, -0.25) is 0 Å². The lowest BCUT2D eigenvalue weighted by Crippen LogP contribution is -2.36. The van der Waals surface area contributed by atoms with E-state index in [0.717, 1.165) is 6.42 Å². The van der Waals surface area contributed by atoms with Crippen molar-refractivity contribution in [1.29, 1.82) is 0 Å². The summed E-state index contributed by atoms with van der Waals surface area (Å²) in [4.78, 5) is 10.7. The molecular formula is C15H23NO4. The minimum atomic E-state index is -0.947. The Labute approximate surface area is 119 Å². The molecule has 1 aromatic rings. The van der Waals surface area contributed by atoms with Gasteiger partial charge in [-0.25, -0.2) is 4.79 Å². The van der Waals surface area contributed by atoms with Gasteiger partial charge in [-0.05, 0) is 36.6 Å². The third-order valence-electron chi connectivity index (χ3n) is 2.88. The van der Waals surface area contributed by atoms with Gasteiger partial charge in [0.05, 0.1) is 12.2 Å². The number of carbonyl (C=O) groups is 1. The van der Waals surface area contributed by atoms with Gasteiger partial charge in [0.1, 0.15) is 12.4 Å². The fraction of sp³-hybridized carbons (Fsp3) is 0.533. The van der Waals surface area contributed by atoms with Crippen molar-refractivity contribution < 1.29 is 19.7 Å². The van der Waals surface area contributed by atoms with Crippen molar-refractivity contribution in [3.63, 3.8) is 0 Å². The van der Waals surface area contributed by atoms with Crippen molar-refractivity contribution in [3.8, 4) is 5.75 Å². The van der Waals surface area contributed by atoms with Crippen LogP contribution in [0.3, 0.4) is 0 Å². The van der Waals surface area contributed by atoms with E-state index in [1.165, 1.54) is 12.1 Å². The first kappa shape index (κ1) is 16.5. The molecule has 0 radical (unpaired) electrons. The van der Waals surface area contributed by atoms with E-state index in [2.05, 4.69) is 19.2 Å². The van der Waals surface area contributed by atoms with Crippen LogP contribution in [0.2, 0.25) is 0 Å². The Morgan fingerprint density at radius 1 is 1.30 bits per heavy atom. The summed E-state index contributed by atoms with van der Waals surface area (Å²) in [6.07, 6.45) is 0.920. The summed E-state index contributed by atoms with van der Waals surface area (Å²) in [5.74, 6) is 0.225. The van der Waals surface area contributed by atoms with Gasteiger partial charge in [-0.2, -0.15) is 0 Å². The summed E-state index contributed by atoms with van der Waals surface area (Å²) in [6, 6.07) is 6.40. The molecular weight excluding hydrogens is 258 g/mol. The lowest BCUT2D eigenvalue weighted by Gasteiger charge is -2.18. The second-order valence-corrected chi connectivity index (χ2v) is 5.14. The average Bonchev–Trinajstić information content (AvgIpc) is 2.42. The molecule has 0 heterocycles. The van der Waals surface area contributed by atoms with E-state index in [1.807, 2.05) is 0 Å². The van der Waals surface area contributed by atoms with Gasteiger partial charge in [0, 0.05) is 12.6 Å². The van der Waals surface area contributed by atoms with Crippen LogP contribution in [-0.2, 0) is 0 Å². The zero-order chi connectivity index (χ0) is 15.0. The summed E-state index contributed by atoms with van der Waals surface area (Å²) in [5, 5.41) is 21.2. The molecule has 0 aliphatic rings. The SMILES string of the molecule is CC(C)CC(CO)NCCOc1ccc(C(=O)O)cc1. The predicted octanol–water partition coefficient (Wildman–Crippen LogP) is 1.76. The highest BCUT2D eigenvalue weighted by molar-refractivity contribution is 5.87. The zero-order valence-corrected chi connectivity index (χ0v) is 12.0. The van der Waals surface area contributed by atoms with Crippen molar-refractivity contribution in [2.75, 3.05) is 19.8 Å². The first-order valence-electron chi connectivity index (χ1n) is 6.83. The third kappa shape index (κ3) is 6.04. The molecule has 0 fully saturated rings. The molecule has 0 bridgehead atoms. The molecule has 1 rings (SSSR count). The second kappa shape index (κ2) is 8.55. The molecule has 1 unspecified atom stereocenters. The number of hydrogen-bond acceptors (Lipinski definition) is 4. The maximum atomic E-state index is 10.7. The molecule has 0 saturated heterocycles. The van der Waals surface area contributed by atoms with Crippen LogP contribution in [0.15, 0.2) is 24.3 Å². The topological polar surface area (TPSA) is 78.8 Å². The summed E-state index contributed by atoms with van der Waals surface area (Å²) in [6.45, 7) is 5.46. The molecule has 112 valence electrons. The largest absolute Gasteiger partial charge is 0.492 e. The number of carboxylic acids is 1. The number of hydrogen-bond donors (Lipinski definition) is 3. The third-order valence-corrected chi connectivity index (χ3v) is 2.88. The second-order valence-electron chi connectivity index (χ2n) is 5.14. The van der Waals surface area contributed by atoms with E-state index >= 15 is 0 Å². The van der Waals surface area contributed by atoms with Gasteiger partial charge in [-0.1, -0.05) is 13.8 Å². The lowest BCUT2D eigenvalue weighted by molar-refractivity contribution is 0.0697. The highest BCUT2D eigenvalue weighted by Gasteiger charge is 2.08. The Balaban J connectivity index is 2.28. The van der Waals surface area contributed by atoms with Gasteiger partial charge in [0.25, 0.3) is 0 Å². The molecule has 0 aliphatic heterocycles. The van der Waals surface area contributed by atoms with Crippen LogP contribution >= 0.6 is 0 Å². The number of benzene rings is 1. The molecule has 0 saturated carbocycles. The standard InChI is InChI=1S/C15H23NO4/c1-11(2)9-13(10-17)16-7-8-20-14-5-3-12(4-6-14)15(18)19/h3-6,11,13,16-17H,7-10H2,1-2H3,(H,18,19). The summed E-state index contributed by atoms with van der Waals surface area (Å²) in [5.41, 5.74) is 0.243. The fourth-order valence-corrected chi connectivity index (χ4v) is 1.92. The summed E-state index contributed by atoms with van der Waals surface area (Å²) >= 11 is 0. The van der Waals surface area contributed by atoms with Gasteiger partial charge in [0.15, 0.2) is 0 Å². The molecule has 0 spiro atoms. The maximum absolute atomic E-state index is 10.7. The summed E-state index contributed by atoms with van der Waals surface area (Å²) < 4.78 is 5.50. The molecule has 3 N–H and O–H groups in total. The monoisotopic (exact) mass is 281 g/mol. The molecule has 0 aromatic heterocycles. The van der Waals surface area contributed by atoms with E-state index in [4.69, 9.17) is 9.84 Å². The van der Waals surface area contributed by atoms with Crippen LogP contribution < -0.4 is 10.1 Å². The normalized spacial score (nSPS) is 12.4. The number of aromatic carboxylic acids is 1. The fourth-order valence-electron chi connectivity index (χ4n) is 1.92. The van der Waals surface area contributed by atoms with Crippen LogP contribution in [0.4, 0.5) is 0 Å². The number of nitrogens with one attached hydrogen (secondary N) is 1. The van der Waals surface area contributed by atoms with E-state index in [-0.39, 0.29) is 18.2 Å². The van der Waals surface area contributed by atoms with Crippen LogP contribution in [0, 0.1) is 5.92 Å². The zero-order valence-electron chi connectivity index (χ0n) is 12.0. The number of rotatable bonds is 9. The van der Waals surface area contributed by atoms with Crippen LogP contribution in [0.5, 0.6) is 5.75 Å². The van der Waals surface area contributed by atoms with Crippen LogP contribution in [-0.4, -0.2) is 42.0 Å². The van der Waals surface area contributed by atoms with E-state index in [9.17, 15) is 9.90 Å². The van der Waals surface area contributed by atoms with Crippen molar-refractivity contribution in [2.24, 2.45) is 5.92 Å². The number of carboxylic acid groups (broad SMARTS) is 1. The minimum absolute atomic E-state index is 0.0907. The molecule has 0 amide bonds. The quantitative estimate of drug-likeness (QED) is 0.601. The van der Waals surface area contributed by atoms with Crippen LogP contribution in [0.1, 0.15) is 30.6 Å². The highest BCUT2D eigenvalue weighted by Crippen LogP contribution is 2.12. The van der Waals surface area contributed by atoms with Crippen molar-refractivity contribution >= 4 is 5.97 Å². The van der Waals surface area contributed by atoms with E-state index in [1.54, 1.807) is 12.1 Å². The Bertz CT molecular complexity index is 403. The van der Waals surface area contributed by atoms with Gasteiger partial charge in [-0.15, -0.1) is 0 Å². The van der Waals surface area contributed by atoms with Gasteiger partial charge < -0.3 is 20.3 Å². The minimum Gasteiger partial charge on any atom is -0.492 e. The molecule has 5 nitrogen and oxygen atoms in total. The summed E-state index contributed by atoms with van der Waals surface area (Å²) in [7, 11) is 0. The first-order valence-corrected chi connectivity index (χ1v) is 6.83. The van der Waals surface area contributed by atoms with Crippen LogP contribution in [0.25, 0.3) is 0 Å². The Morgan fingerprint density at radius 2 is 1.95 bits per heavy atom. The van der Waals surface area contributed by atoms with Crippen molar-refractivity contribution in [3.05, 3.63) is 29.8 Å². The Morgan fingerprint density at radius 3 is 2.45 bits per heavy atom. The number of aliphatic hydroxyl groups excluding tert-OH is 1. The molecule has 0 aliphatic carbocycles. The number of aliphatic hydroxyl groups is 1. The lowest BCUT2D eigenvalue weighted by atomic mass is 10.0. The molecule has 5 heteroatoms. The van der Waals surface area contributed by atoms with Gasteiger partial charge in [0.2, 0.25) is 0 Å². The molecule has 1 aromatic carbocycles. The van der Waals surface area contributed by atoms with E-state index < -0.39 is 5.97 Å². The Hall–Kier alpha value is -1.59. The van der Waals surface area contributed by atoms with E-state index in [0.29, 0.717) is 24.8 Å². The smallest absolute Gasteiger partial charge is 0.335 e. The predicted molar refractivity (Wildman–Crippen MR) is 77.2 cm³/mol. The maximum Gasteiger partial charge on any atom is 0.335 e. The number of ether oxygens (including phenoxy) is 1. The van der Waals surface area contributed by atoms with Crippen molar-refractivity contribution in [2.45, 2.75) is 26.3 Å². The Kier molecular flexibility index (Phi) is 7.04. The van der Waals surface area contributed by atoms with Crippen molar-refractivity contribution in [1.82, 2.24) is 5.32 Å². The average molecular weight is 281 g/mol. The molecule has 1 atom stereocenters. The first-order chi connectivity index (χ1) is 9.52. The van der Waals surface area contributed by atoms with Gasteiger partial charge >= 0.3 is 5.97 Å².